The number of rotatable bonds is 2. The molecule has 1 aromatic heterocycles. The van der Waals surface area contributed by atoms with Gasteiger partial charge in [-0.15, -0.1) is 0 Å². The number of nitrogens with zero attached hydrogens (tertiary/aromatic N) is 2. The second-order valence-corrected chi connectivity index (χ2v) is 4.05. The monoisotopic (exact) mass is 206 g/mol. The smallest absolute Gasteiger partial charge is 0.354 e. The fraction of sp³-hybridized carbons (Fsp3) is 0.545. The van der Waals surface area contributed by atoms with Crippen molar-refractivity contribution < 1.29 is 9.90 Å². The van der Waals surface area contributed by atoms with Crippen LogP contribution in [0.5, 0.6) is 0 Å². The van der Waals surface area contributed by atoms with Gasteiger partial charge in [0.2, 0.25) is 0 Å². The summed E-state index contributed by atoms with van der Waals surface area (Å²) >= 11 is 0. The van der Waals surface area contributed by atoms with Crippen LogP contribution in [-0.2, 0) is 0 Å². The van der Waals surface area contributed by atoms with Crippen LogP contribution in [-0.4, -0.2) is 21.0 Å². The van der Waals surface area contributed by atoms with Gasteiger partial charge >= 0.3 is 5.97 Å². The van der Waals surface area contributed by atoms with Gasteiger partial charge in [0.05, 0.1) is 0 Å². The van der Waals surface area contributed by atoms with Crippen LogP contribution in [0.2, 0.25) is 0 Å². The van der Waals surface area contributed by atoms with Gasteiger partial charge in [0, 0.05) is 17.7 Å². The first-order chi connectivity index (χ1) is 7.18. The molecule has 1 N–H and O–H groups in total. The van der Waals surface area contributed by atoms with Crippen molar-refractivity contribution in [3.05, 3.63) is 23.3 Å². The molecule has 0 aromatic carbocycles. The third-order valence-electron chi connectivity index (χ3n) is 2.91. The Balaban J connectivity index is 2.33. The number of aryl methyl sites for hydroxylation is 1. The first-order valence-corrected chi connectivity index (χ1v) is 5.25. The van der Waals surface area contributed by atoms with Crippen molar-refractivity contribution >= 4 is 5.97 Å². The topological polar surface area (TPSA) is 63.1 Å². The maximum atomic E-state index is 10.9. The molecule has 0 radical (unpaired) electrons. The molecule has 0 saturated heterocycles. The molecular formula is C11H14N2O2. The van der Waals surface area contributed by atoms with E-state index in [-0.39, 0.29) is 5.69 Å². The number of aromatic carboxylic acids is 1. The van der Waals surface area contributed by atoms with E-state index in [0.29, 0.717) is 17.3 Å². The van der Waals surface area contributed by atoms with Crippen LogP contribution < -0.4 is 0 Å². The minimum atomic E-state index is -0.964. The fourth-order valence-corrected chi connectivity index (χ4v) is 2.05. The Morgan fingerprint density at radius 1 is 1.47 bits per heavy atom. The first kappa shape index (κ1) is 10.1. The van der Waals surface area contributed by atoms with Gasteiger partial charge in [-0.05, 0) is 19.8 Å². The molecule has 4 nitrogen and oxygen atoms in total. The first-order valence-electron chi connectivity index (χ1n) is 5.25. The van der Waals surface area contributed by atoms with E-state index in [9.17, 15) is 4.79 Å². The standard InChI is InChI=1S/C11H14N2O2/c1-7-6-12-10(8-4-2-3-5-8)13-9(7)11(14)15/h6,8H,2-5H2,1H3,(H,14,15). The maximum Gasteiger partial charge on any atom is 0.354 e. The summed E-state index contributed by atoms with van der Waals surface area (Å²) in [6, 6.07) is 0. The van der Waals surface area contributed by atoms with Crippen LogP contribution in [0.15, 0.2) is 6.20 Å². The molecular weight excluding hydrogens is 192 g/mol. The van der Waals surface area contributed by atoms with E-state index in [1.54, 1.807) is 13.1 Å². The summed E-state index contributed by atoms with van der Waals surface area (Å²) in [4.78, 5) is 19.3. The van der Waals surface area contributed by atoms with Crippen LogP contribution >= 0.6 is 0 Å². The predicted molar refractivity (Wildman–Crippen MR) is 54.9 cm³/mol. The summed E-state index contributed by atoms with van der Waals surface area (Å²) in [5.74, 6) is 0.105. The summed E-state index contributed by atoms with van der Waals surface area (Å²) < 4.78 is 0. The van der Waals surface area contributed by atoms with Crippen molar-refractivity contribution in [3.63, 3.8) is 0 Å². The molecule has 1 aliphatic carbocycles. The molecule has 0 unspecified atom stereocenters. The number of hydrogen-bond acceptors (Lipinski definition) is 3. The highest BCUT2D eigenvalue weighted by Crippen LogP contribution is 2.32. The summed E-state index contributed by atoms with van der Waals surface area (Å²) in [7, 11) is 0. The van der Waals surface area contributed by atoms with Crippen molar-refractivity contribution in [2.24, 2.45) is 0 Å². The van der Waals surface area contributed by atoms with E-state index in [1.807, 2.05) is 0 Å². The number of carboxylic acid groups (broad SMARTS) is 1. The molecule has 1 heterocycles. The summed E-state index contributed by atoms with van der Waals surface area (Å²) in [5.41, 5.74) is 0.774. The number of carboxylic acids is 1. The highest BCUT2D eigenvalue weighted by molar-refractivity contribution is 5.86. The second kappa shape index (κ2) is 3.96. The number of hydrogen-bond donors (Lipinski definition) is 1. The Labute approximate surface area is 88.4 Å². The summed E-state index contributed by atoms with van der Waals surface area (Å²) in [5, 5.41) is 8.94. The van der Waals surface area contributed by atoms with E-state index in [0.717, 1.165) is 12.8 Å². The molecule has 0 bridgehead atoms. The third-order valence-corrected chi connectivity index (χ3v) is 2.91. The van der Waals surface area contributed by atoms with Gasteiger partial charge < -0.3 is 5.11 Å². The molecule has 2 rings (SSSR count). The molecule has 80 valence electrons. The lowest BCUT2D eigenvalue weighted by molar-refractivity contribution is 0.0689. The molecule has 0 atom stereocenters. The zero-order valence-electron chi connectivity index (χ0n) is 8.73. The molecule has 1 fully saturated rings. The van der Waals surface area contributed by atoms with Crippen LogP contribution in [0.1, 0.15) is 53.5 Å². The van der Waals surface area contributed by atoms with E-state index >= 15 is 0 Å². The zero-order valence-corrected chi connectivity index (χ0v) is 8.73. The van der Waals surface area contributed by atoms with Crippen LogP contribution in [0.4, 0.5) is 0 Å². The zero-order chi connectivity index (χ0) is 10.8. The maximum absolute atomic E-state index is 10.9. The van der Waals surface area contributed by atoms with Gasteiger partial charge in [0.1, 0.15) is 5.82 Å². The quantitative estimate of drug-likeness (QED) is 0.805. The van der Waals surface area contributed by atoms with Gasteiger partial charge in [0.25, 0.3) is 0 Å². The predicted octanol–water partition coefficient (Wildman–Crippen LogP) is 2.14. The Morgan fingerprint density at radius 2 is 2.13 bits per heavy atom. The van der Waals surface area contributed by atoms with Crippen molar-refractivity contribution in [1.82, 2.24) is 9.97 Å². The molecule has 1 aliphatic rings. The molecule has 4 heteroatoms. The van der Waals surface area contributed by atoms with Gasteiger partial charge in [-0.3, -0.25) is 0 Å². The number of aromatic nitrogens is 2. The van der Waals surface area contributed by atoms with E-state index in [1.165, 1.54) is 12.8 Å². The Bertz CT molecular complexity index is 384. The van der Waals surface area contributed by atoms with Crippen molar-refractivity contribution in [2.75, 3.05) is 0 Å². The molecule has 0 aliphatic heterocycles. The van der Waals surface area contributed by atoms with E-state index in [2.05, 4.69) is 9.97 Å². The lowest BCUT2D eigenvalue weighted by Gasteiger charge is -2.08. The van der Waals surface area contributed by atoms with Gasteiger partial charge in [-0.2, -0.15) is 0 Å². The molecule has 0 amide bonds. The molecule has 1 saturated carbocycles. The Hall–Kier alpha value is -1.45. The van der Waals surface area contributed by atoms with Crippen molar-refractivity contribution in [1.29, 1.82) is 0 Å². The fourth-order valence-electron chi connectivity index (χ4n) is 2.05. The van der Waals surface area contributed by atoms with Gasteiger partial charge in [-0.1, -0.05) is 12.8 Å². The minimum Gasteiger partial charge on any atom is -0.477 e. The SMILES string of the molecule is Cc1cnc(C2CCCC2)nc1C(=O)O. The average molecular weight is 206 g/mol. The summed E-state index contributed by atoms with van der Waals surface area (Å²) in [6.07, 6.45) is 6.18. The third kappa shape index (κ3) is 1.98. The van der Waals surface area contributed by atoms with E-state index < -0.39 is 5.97 Å². The van der Waals surface area contributed by atoms with Crippen LogP contribution in [0.25, 0.3) is 0 Å². The Kier molecular flexibility index (Phi) is 2.66. The van der Waals surface area contributed by atoms with Crippen molar-refractivity contribution in [2.45, 2.75) is 38.5 Å². The van der Waals surface area contributed by atoms with Gasteiger partial charge in [0.15, 0.2) is 5.69 Å². The van der Waals surface area contributed by atoms with Crippen LogP contribution in [0, 0.1) is 6.92 Å². The normalized spacial score (nSPS) is 16.9. The largest absolute Gasteiger partial charge is 0.477 e. The lowest BCUT2D eigenvalue weighted by atomic mass is 10.1. The minimum absolute atomic E-state index is 0.145. The summed E-state index contributed by atoms with van der Waals surface area (Å²) in [6.45, 7) is 1.72. The lowest BCUT2D eigenvalue weighted by Crippen LogP contribution is -2.09. The second-order valence-electron chi connectivity index (χ2n) is 4.05. The van der Waals surface area contributed by atoms with Gasteiger partial charge in [-0.25, -0.2) is 14.8 Å². The highest BCUT2D eigenvalue weighted by Gasteiger charge is 2.21. The molecule has 0 spiro atoms. The average Bonchev–Trinajstić information content (AvgIpc) is 2.71. The molecule has 15 heavy (non-hydrogen) atoms. The van der Waals surface area contributed by atoms with Crippen molar-refractivity contribution in [3.8, 4) is 0 Å². The van der Waals surface area contributed by atoms with E-state index in [4.69, 9.17) is 5.11 Å². The van der Waals surface area contributed by atoms with Crippen LogP contribution in [0.3, 0.4) is 0 Å². The Morgan fingerprint density at radius 3 is 2.73 bits per heavy atom. The highest BCUT2D eigenvalue weighted by atomic mass is 16.4. The molecule has 1 aromatic rings. The number of carbonyl (C=O) groups is 1.